The molecule has 0 aromatic heterocycles. The highest BCUT2D eigenvalue weighted by Gasteiger charge is 2.28. The molecule has 1 amide bonds. The Balaban J connectivity index is 0.000000663. The predicted molar refractivity (Wildman–Crippen MR) is 154 cm³/mol. The van der Waals surface area contributed by atoms with Gasteiger partial charge in [-0.3, -0.25) is 4.79 Å². The van der Waals surface area contributed by atoms with Crippen molar-refractivity contribution in [2.45, 2.75) is 12.8 Å². The number of carbonyl (C=O) groups is 3. The summed E-state index contributed by atoms with van der Waals surface area (Å²) in [6.07, 6.45) is 1.81. The lowest BCUT2D eigenvalue weighted by Gasteiger charge is -2.27. The van der Waals surface area contributed by atoms with Gasteiger partial charge in [0, 0.05) is 18.6 Å². The number of fused-ring (bicyclic) bond motifs is 2. The van der Waals surface area contributed by atoms with Gasteiger partial charge in [-0.2, -0.15) is 0 Å². The largest absolute Gasteiger partial charge is 0.493 e. The molecule has 0 spiro atoms. The van der Waals surface area contributed by atoms with Crippen molar-refractivity contribution >= 4 is 46.5 Å². The predicted octanol–water partition coefficient (Wildman–Crippen LogP) is 4.46. The van der Waals surface area contributed by atoms with Crippen LogP contribution in [-0.4, -0.2) is 69.0 Å². The van der Waals surface area contributed by atoms with E-state index in [2.05, 4.69) is 16.3 Å². The van der Waals surface area contributed by atoms with Crippen LogP contribution in [0.1, 0.15) is 22.3 Å². The molecule has 0 unspecified atom stereocenters. The van der Waals surface area contributed by atoms with E-state index in [-0.39, 0.29) is 5.91 Å². The summed E-state index contributed by atoms with van der Waals surface area (Å²) in [4.78, 5) is 35.2. The van der Waals surface area contributed by atoms with E-state index >= 15 is 0 Å². The summed E-state index contributed by atoms with van der Waals surface area (Å²) in [6, 6.07) is 19.5. The van der Waals surface area contributed by atoms with Crippen LogP contribution in [0.3, 0.4) is 0 Å². The first-order chi connectivity index (χ1) is 19.2. The molecule has 0 fully saturated rings. The summed E-state index contributed by atoms with van der Waals surface area (Å²) < 4.78 is 10.7. The van der Waals surface area contributed by atoms with Crippen LogP contribution in [-0.2, 0) is 16.0 Å². The molecule has 0 saturated carbocycles. The minimum absolute atomic E-state index is 0.0327. The summed E-state index contributed by atoms with van der Waals surface area (Å²) in [6.45, 7) is 2.49. The molecule has 3 aromatic carbocycles. The van der Waals surface area contributed by atoms with E-state index in [1.165, 1.54) is 5.56 Å². The molecule has 212 valence electrons. The van der Waals surface area contributed by atoms with Gasteiger partial charge in [0.15, 0.2) is 11.5 Å². The first kappa shape index (κ1) is 30.3. The van der Waals surface area contributed by atoms with E-state index in [0.29, 0.717) is 10.6 Å². The van der Waals surface area contributed by atoms with Crippen molar-refractivity contribution in [3.05, 3.63) is 76.8 Å². The van der Waals surface area contributed by atoms with Crippen LogP contribution in [0.25, 0.3) is 0 Å². The number of rotatable bonds is 9. The molecule has 4 rings (SSSR count). The van der Waals surface area contributed by atoms with Crippen molar-refractivity contribution in [3.8, 4) is 11.5 Å². The molecule has 10 nitrogen and oxygen atoms in total. The minimum Gasteiger partial charge on any atom is -0.493 e. The zero-order valence-electron chi connectivity index (χ0n) is 22.5. The average molecular weight is 570 g/mol. The Hall–Kier alpha value is -4.28. The quantitative estimate of drug-likeness (QED) is 0.252. The van der Waals surface area contributed by atoms with E-state index in [1.54, 1.807) is 26.2 Å². The molecule has 0 saturated heterocycles. The fourth-order valence-electron chi connectivity index (χ4n) is 4.30. The average Bonchev–Trinajstić information content (AvgIpc) is 3.04. The molecule has 1 heterocycles. The molecular weight excluding hydrogens is 538 g/mol. The fraction of sp³-hybridized carbons (Fsp3) is 0.276. The SMILES string of the molecule is COc1ccc(CCNCCCN2c3ccccc3C(=O)N(C)c3cc(Cl)ccc32)cc1OC.O=C(O)C(=O)O. The van der Waals surface area contributed by atoms with Gasteiger partial charge in [0.1, 0.15) is 0 Å². The van der Waals surface area contributed by atoms with Gasteiger partial charge in [-0.15, -0.1) is 0 Å². The van der Waals surface area contributed by atoms with Crippen molar-refractivity contribution in [1.29, 1.82) is 0 Å². The third kappa shape index (κ3) is 7.43. The van der Waals surface area contributed by atoms with Crippen LogP contribution < -0.4 is 24.6 Å². The van der Waals surface area contributed by atoms with Gasteiger partial charge in [0.2, 0.25) is 0 Å². The number of methoxy groups -OCH3 is 2. The maximum absolute atomic E-state index is 13.1. The fourth-order valence-corrected chi connectivity index (χ4v) is 4.47. The molecule has 3 N–H and O–H groups in total. The Morgan fingerprint density at radius 2 is 1.57 bits per heavy atom. The van der Waals surface area contributed by atoms with E-state index in [9.17, 15) is 4.79 Å². The first-order valence-corrected chi connectivity index (χ1v) is 12.9. The summed E-state index contributed by atoms with van der Waals surface area (Å²) in [5, 5.41) is 18.9. The summed E-state index contributed by atoms with van der Waals surface area (Å²) >= 11 is 6.27. The Morgan fingerprint density at radius 3 is 2.25 bits per heavy atom. The van der Waals surface area contributed by atoms with Crippen molar-refractivity contribution in [1.82, 2.24) is 5.32 Å². The summed E-state index contributed by atoms with van der Waals surface area (Å²) in [7, 11) is 5.09. The number of nitrogens with one attached hydrogen (secondary N) is 1. The monoisotopic (exact) mass is 569 g/mol. The Kier molecular flexibility index (Phi) is 10.7. The number of amides is 1. The number of hydrogen-bond donors (Lipinski definition) is 3. The van der Waals surface area contributed by atoms with Gasteiger partial charge in [0.05, 0.1) is 36.8 Å². The number of hydrogen-bond acceptors (Lipinski definition) is 7. The van der Waals surface area contributed by atoms with Crippen LogP contribution >= 0.6 is 11.6 Å². The number of nitrogens with zero attached hydrogens (tertiary/aromatic N) is 2. The number of carbonyl (C=O) groups excluding carboxylic acids is 1. The van der Waals surface area contributed by atoms with Crippen LogP contribution in [0.2, 0.25) is 5.02 Å². The third-order valence-electron chi connectivity index (χ3n) is 6.28. The maximum atomic E-state index is 13.1. The number of aliphatic carboxylic acids is 2. The second kappa shape index (κ2) is 14.2. The molecule has 0 bridgehead atoms. The standard InChI is InChI=1S/C27H30ClN3O3.C2H2O4/c1-30-24-18-20(28)10-11-23(24)31(22-8-5-4-7-21(22)27(30)32)16-6-14-29-15-13-19-9-12-25(33-2)26(17-19)34-3;3-1(4)2(5)6/h4-5,7-12,17-18,29H,6,13-16H2,1-3H3;(H,3,4)(H,5,6). The van der Waals surface area contributed by atoms with Crippen LogP contribution in [0.4, 0.5) is 17.1 Å². The molecular formula is C29H32ClN3O7. The van der Waals surface area contributed by atoms with E-state index in [0.717, 1.165) is 61.0 Å². The topological polar surface area (TPSA) is 129 Å². The molecule has 40 heavy (non-hydrogen) atoms. The summed E-state index contributed by atoms with van der Waals surface area (Å²) in [5.74, 6) is -2.19. The van der Waals surface area contributed by atoms with Crippen molar-refractivity contribution < 1.29 is 34.1 Å². The normalized spacial score (nSPS) is 11.9. The van der Waals surface area contributed by atoms with E-state index < -0.39 is 11.9 Å². The number of benzene rings is 3. The van der Waals surface area contributed by atoms with Crippen molar-refractivity contribution in [2.24, 2.45) is 0 Å². The van der Waals surface area contributed by atoms with Crippen LogP contribution in [0, 0.1) is 0 Å². The lowest BCUT2D eigenvalue weighted by atomic mass is 10.1. The highest BCUT2D eigenvalue weighted by Crippen LogP contribution is 2.41. The van der Waals surface area contributed by atoms with Crippen molar-refractivity contribution in [3.63, 3.8) is 0 Å². The lowest BCUT2D eigenvalue weighted by molar-refractivity contribution is -0.159. The summed E-state index contributed by atoms with van der Waals surface area (Å²) in [5.41, 5.74) is 4.61. The molecule has 11 heteroatoms. The second-order valence-electron chi connectivity index (χ2n) is 8.82. The van der Waals surface area contributed by atoms with Crippen LogP contribution in [0.5, 0.6) is 11.5 Å². The number of anilines is 3. The first-order valence-electron chi connectivity index (χ1n) is 12.5. The maximum Gasteiger partial charge on any atom is 0.414 e. The number of carboxylic acids is 2. The van der Waals surface area contributed by atoms with Crippen molar-refractivity contribution in [2.75, 3.05) is 50.7 Å². The molecule has 1 aliphatic rings. The minimum atomic E-state index is -1.82. The van der Waals surface area contributed by atoms with Gasteiger partial charge in [-0.1, -0.05) is 29.8 Å². The van der Waals surface area contributed by atoms with E-state index in [4.69, 9.17) is 40.9 Å². The number of halogens is 1. The smallest absolute Gasteiger partial charge is 0.414 e. The second-order valence-corrected chi connectivity index (χ2v) is 9.26. The molecule has 0 atom stereocenters. The molecule has 3 aromatic rings. The highest BCUT2D eigenvalue weighted by molar-refractivity contribution is 6.31. The Labute approximate surface area is 237 Å². The van der Waals surface area contributed by atoms with Gasteiger partial charge >= 0.3 is 11.9 Å². The Morgan fingerprint density at radius 1 is 0.875 bits per heavy atom. The molecule has 0 radical (unpaired) electrons. The number of ether oxygens (including phenoxy) is 2. The zero-order valence-corrected chi connectivity index (χ0v) is 23.3. The van der Waals surface area contributed by atoms with Gasteiger partial charge in [0.25, 0.3) is 5.91 Å². The molecule has 1 aliphatic heterocycles. The van der Waals surface area contributed by atoms with Gasteiger partial charge in [-0.25, -0.2) is 9.59 Å². The van der Waals surface area contributed by atoms with Gasteiger partial charge in [-0.05, 0) is 74.0 Å². The van der Waals surface area contributed by atoms with Crippen LogP contribution in [0.15, 0.2) is 60.7 Å². The molecule has 0 aliphatic carbocycles. The highest BCUT2D eigenvalue weighted by atomic mass is 35.5. The zero-order chi connectivity index (χ0) is 29.2. The number of para-hydroxylation sites is 1. The van der Waals surface area contributed by atoms with E-state index in [1.807, 2.05) is 54.6 Å². The third-order valence-corrected chi connectivity index (χ3v) is 6.51. The number of carboxylic acid groups (broad SMARTS) is 2. The lowest BCUT2D eigenvalue weighted by Crippen LogP contribution is -2.25. The Bertz CT molecular complexity index is 1350. The van der Waals surface area contributed by atoms with Gasteiger partial charge < -0.3 is 34.8 Å².